The third kappa shape index (κ3) is 2.53. The van der Waals surface area contributed by atoms with Crippen molar-refractivity contribution in [2.24, 2.45) is 0 Å². The molecule has 0 saturated heterocycles. The van der Waals surface area contributed by atoms with Crippen molar-refractivity contribution in [3.05, 3.63) is 35.4 Å². The van der Waals surface area contributed by atoms with Gasteiger partial charge in [-0.25, -0.2) is 0 Å². The van der Waals surface area contributed by atoms with Gasteiger partial charge in [-0.2, -0.15) is 0 Å². The van der Waals surface area contributed by atoms with Crippen molar-refractivity contribution in [2.45, 2.75) is 38.3 Å². The maximum absolute atomic E-state index is 3.51. The van der Waals surface area contributed by atoms with E-state index in [0.29, 0.717) is 12.1 Å². The number of fused-ring (bicyclic) bond motifs is 1. The first-order valence-electron chi connectivity index (χ1n) is 6.73. The number of nitrogens with zero attached hydrogens (tertiary/aromatic N) is 1. The molecule has 2 rings (SSSR count). The third-order valence-electron chi connectivity index (χ3n) is 3.94. The van der Waals surface area contributed by atoms with E-state index < -0.39 is 0 Å². The smallest absolute Gasteiger partial charge is 0.0478 e. The van der Waals surface area contributed by atoms with Crippen molar-refractivity contribution in [1.82, 2.24) is 10.2 Å². The van der Waals surface area contributed by atoms with Crippen LogP contribution in [0, 0.1) is 0 Å². The Labute approximate surface area is 105 Å². The fourth-order valence-corrected chi connectivity index (χ4v) is 3.08. The number of nitrogens with one attached hydrogen (secondary N) is 1. The minimum Gasteiger partial charge on any atom is -0.312 e. The topological polar surface area (TPSA) is 15.3 Å². The van der Waals surface area contributed by atoms with Gasteiger partial charge in [-0.15, -0.1) is 0 Å². The summed E-state index contributed by atoms with van der Waals surface area (Å²) in [5, 5.41) is 3.51. The molecule has 0 saturated carbocycles. The van der Waals surface area contributed by atoms with Crippen LogP contribution in [0.4, 0.5) is 0 Å². The summed E-state index contributed by atoms with van der Waals surface area (Å²) in [6.07, 6.45) is 3.71. The summed E-state index contributed by atoms with van der Waals surface area (Å²) < 4.78 is 0. The Kier molecular flexibility index (Phi) is 4.19. The Morgan fingerprint density at radius 3 is 2.82 bits per heavy atom. The summed E-state index contributed by atoms with van der Waals surface area (Å²) in [5.74, 6) is 0. The lowest BCUT2D eigenvalue weighted by molar-refractivity contribution is 0.177. The van der Waals surface area contributed by atoms with Crippen LogP contribution in [0.5, 0.6) is 0 Å². The lowest BCUT2D eigenvalue weighted by atomic mass is 9.83. The molecule has 1 aromatic carbocycles. The molecule has 0 fully saturated rings. The van der Waals surface area contributed by atoms with Crippen LogP contribution in [-0.2, 0) is 6.42 Å². The molecule has 0 spiro atoms. The highest BCUT2D eigenvalue weighted by Gasteiger charge is 2.30. The van der Waals surface area contributed by atoms with E-state index in [2.05, 4.69) is 55.5 Å². The van der Waals surface area contributed by atoms with Crippen molar-refractivity contribution < 1.29 is 0 Å². The zero-order valence-electron chi connectivity index (χ0n) is 11.2. The van der Waals surface area contributed by atoms with E-state index in [9.17, 15) is 0 Å². The monoisotopic (exact) mass is 232 g/mol. The van der Waals surface area contributed by atoms with E-state index in [1.807, 2.05) is 0 Å². The molecule has 2 heteroatoms. The molecule has 0 radical (unpaired) electrons. The minimum atomic E-state index is 0.483. The second kappa shape index (κ2) is 5.65. The second-order valence-electron chi connectivity index (χ2n) is 5.05. The van der Waals surface area contributed by atoms with Gasteiger partial charge >= 0.3 is 0 Å². The largest absolute Gasteiger partial charge is 0.312 e. The number of hydrogen-bond donors (Lipinski definition) is 1. The van der Waals surface area contributed by atoms with Gasteiger partial charge in [0, 0.05) is 12.1 Å². The van der Waals surface area contributed by atoms with Crippen LogP contribution in [0.2, 0.25) is 0 Å². The first-order valence-corrected chi connectivity index (χ1v) is 6.73. The average Bonchev–Trinajstić information content (AvgIpc) is 2.37. The molecular weight excluding hydrogens is 208 g/mol. The van der Waals surface area contributed by atoms with Crippen molar-refractivity contribution in [3.63, 3.8) is 0 Å². The Morgan fingerprint density at radius 1 is 1.35 bits per heavy atom. The first kappa shape index (κ1) is 12.6. The van der Waals surface area contributed by atoms with E-state index in [1.54, 1.807) is 0 Å². The zero-order chi connectivity index (χ0) is 12.3. The van der Waals surface area contributed by atoms with E-state index in [4.69, 9.17) is 0 Å². The van der Waals surface area contributed by atoms with Crippen molar-refractivity contribution in [2.75, 3.05) is 20.6 Å². The van der Waals surface area contributed by atoms with E-state index in [0.717, 1.165) is 0 Å². The fraction of sp³-hybridized carbons (Fsp3) is 0.600. The Balaban J connectivity index is 2.23. The maximum atomic E-state index is 3.51. The van der Waals surface area contributed by atoms with Gasteiger partial charge in [0.25, 0.3) is 0 Å². The summed E-state index contributed by atoms with van der Waals surface area (Å²) in [6.45, 7) is 3.44. The van der Waals surface area contributed by atoms with Crippen LogP contribution >= 0.6 is 0 Å². The molecule has 2 nitrogen and oxygen atoms in total. The molecule has 17 heavy (non-hydrogen) atoms. The van der Waals surface area contributed by atoms with Gasteiger partial charge in [-0.05, 0) is 51.0 Å². The molecule has 0 bridgehead atoms. The van der Waals surface area contributed by atoms with Crippen LogP contribution in [-0.4, -0.2) is 31.6 Å². The van der Waals surface area contributed by atoms with Gasteiger partial charge in [-0.3, -0.25) is 0 Å². The molecule has 94 valence electrons. The lowest BCUT2D eigenvalue weighted by Gasteiger charge is -2.39. The van der Waals surface area contributed by atoms with Gasteiger partial charge in [0.05, 0.1) is 0 Å². The standard InChI is InChI=1S/C15H24N2/c1-4-11-17(3)14-10-9-12-7-5-6-8-13(12)15(14)16-2/h5-8,14-16H,4,9-11H2,1-3H3. The summed E-state index contributed by atoms with van der Waals surface area (Å²) in [5.41, 5.74) is 3.02. The van der Waals surface area contributed by atoms with Gasteiger partial charge < -0.3 is 10.2 Å². The van der Waals surface area contributed by atoms with Crippen LogP contribution in [0.1, 0.15) is 36.9 Å². The molecule has 0 amide bonds. The zero-order valence-corrected chi connectivity index (χ0v) is 11.2. The Hall–Kier alpha value is -0.860. The summed E-state index contributed by atoms with van der Waals surface area (Å²) in [6, 6.07) is 9.98. The van der Waals surface area contributed by atoms with Crippen LogP contribution in [0.3, 0.4) is 0 Å². The van der Waals surface area contributed by atoms with Crippen LogP contribution in [0.15, 0.2) is 24.3 Å². The molecule has 2 unspecified atom stereocenters. The van der Waals surface area contributed by atoms with Crippen molar-refractivity contribution >= 4 is 0 Å². The summed E-state index contributed by atoms with van der Waals surface area (Å²) in [7, 11) is 4.34. The predicted octanol–water partition coefficient (Wildman–Crippen LogP) is 2.60. The van der Waals surface area contributed by atoms with E-state index in [-0.39, 0.29) is 0 Å². The average molecular weight is 232 g/mol. The second-order valence-corrected chi connectivity index (χ2v) is 5.05. The third-order valence-corrected chi connectivity index (χ3v) is 3.94. The Bertz CT molecular complexity index is 362. The van der Waals surface area contributed by atoms with Crippen molar-refractivity contribution in [1.29, 1.82) is 0 Å². The number of hydrogen-bond acceptors (Lipinski definition) is 2. The SMILES string of the molecule is CCCN(C)C1CCc2ccccc2C1NC. The molecule has 1 aliphatic rings. The normalized spacial score (nSPS) is 23.8. The molecule has 1 aliphatic carbocycles. The highest BCUT2D eigenvalue weighted by atomic mass is 15.2. The van der Waals surface area contributed by atoms with Gasteiger partial charge in [0.1, 0.15) is 0 Å². The van der Waals surface area contributed by atoms with Crippen LogP contribution in [0.25, 0.3) is 0 Å². The minimum absolute atomic E-state index is 0.483. The number of aryl methyl sites for hydroxylation is 1. The Morgan fingerprint density at radius 2 is 2.12 bits per heavy atom. The molecule has 1 aromatic rings. The van der Waals surface area contributed by atoms with Crippen LogP contribution < -0.4 is 5.32 Å². The number of rotatable bonds is 4. The van der Waals surface area contributed by atoms with E-state index in [1.165, 1.54) is 36.9 Å². The first-order chi connectivity index (χ1) is 8.27. The highest BCUT2D eigenvalue weighted by Crippen LogP contribution is 2.32. The maximum Gasteiger partial charge on any atom is 0.0478 e. The summed E-state index contributed by atoms with van der Waals surface area (Å²) >= 11 is 0. The van der Waals surface area contributed by atoms with E-state index >= 15 is 0 Å². The molecule has 0 aromatic heterocycles. The summed E-state index contributed by atoms with van der Waals surface area (Å²) in [4.78, 5) is 2.51. The fourth-order valence-electron chi connectivity index (χ4n) is 3.08. The predicted molar refractivity (Wildman–Crippen MR) is 73.3 cm³/mol. The van der Waals surface area contributed by atoms with Gasteiger partial charge in [-0.1, -0.05) is 31.2 Å². The molecular formula is C15H24N2. The number of likely N-dealkylation sites (N-methyl/N-ethyl adjacent to an activating group) is 2. The molecule has 2 atom stereocenters. The molecule has 0 heterocycles. The molecule has 0 aliphatic heterocycles. The quantitative estimate of drug-likeness (QED) is 0.858. The van der Waals surface area contributed by atoms with Gasteiger partial charge in [0.2, 0.25) is 0 Å². The highest BCUT2D eigenvalue weighted by molar-refractivity contribution is 5.33. The lowest BCUT2D eigenvalue weighted by Crippen LogP contribution is -2.44. The molecule has 1 N–H and O–H groups in total. The van der Waals surface area contributed by atoms with Gasteiger partial charge in [0.15, 0.2) is 0 Å². The number of benzene rings is 1. The van der Waals surface area contributed by atoms with Crippen molar-refractivity contribution in [3.8, 4) is 0 Å².